The van der Waals surface area contributed by atoms with Crippen molar-refractivity contribution >= 4 is 15.9 Å². The maximum absolute atomic E-state index is 5.13. The summed E-state index contributed by atoms with van der Waals surface area (Å²) in [5, 5.41) is 0. The lowest BCUT2D eigenvalue weighted by atomic mass is 10.3. The topological polar surface area (TPSA) is 26.0 Å². The van der Waals surface area contributed by atoms with Crippen LogP contribution in [-0.4, -0.2) is 0 Å². The van der Waals surface area contributed by atoms with Crippen LogP contribution >= 0.6 is 15.9 Å². The minimum absolute atomic E-state index is 1.12. The molecule has 1 nitrogen and oxygen atoms in total. The van der Waals surface area contributed by atoms with E-state index in [1.165, 1.54) is 6.20 Å². The van der Waals surface area contributed by atoms with Gasteiger partial charge in [0, 0.05) is 0 Å². The SMILES string of the molecule is C/C(Br)=C(C)\C=C/N. The Hall–Kier alpha value is -0.240. The van der Waals surface area contributed by atoms with E-state index in [0.29, 0.717) is 0 Å². The Balaban J connectivity index is 4.00. The van der Waals surface area contributed by atoms with E-state index in [2.05, 4.69) is 15.9 Å². The summed E-state index contributed by atoms with van der Waals surface area (Å²) in [6.45, 7) is 3.97. The molecule has 2 heteroatoms. The Bertz CT molecular complexity index is 120. The third-order valence-corrected chi connectivity index (χ3v) is 1.52. The van der Waals surface area contributed by atoms with E-state index in [-0.39, 0.29) is 0 Å². The predicted molar refractivity (Wildman–Crippen MR) is 40.6 cm³/mol. The molecular weight excluding hydrogens is 166 g/mol. The summed E-state index contributed by atoms with van der Waals surface area (Å²) in [5.74, 6) is 0. The van der Waals surface area contributed by atoms with Gasteiger partial charge in [0.05, 0.1) is 0 Å². The van der Waals surface area contributed by atoms with Crippen molar-refractivity contribution in [2.75, 3.05) is 0 Å². The molecule has 0 aromatic carbocycles. The molecule has 0 fully saturated rings. The van der Waals surface area contributed by atoms with Crippen LogP contribution in [0.15, 0.2) is 22.3 Å². The highest BCUT2D eigenvalue weighted by atomic mass is 79.9. The highest BCUT2D eigenvalue weighted by Crippen LogP contribution is 2.09. The zero-order chi connectivity index (χ0) is 6.57. The summed E-state index contributed by atoms with van der Waals surface area (Å²) in [5.41, 5.74) is 6.29. The Labute approximate surface area is 58.4 Å². The number of nitrogens with two attached hydrogens (primary N) is 1. The van der Waals surface area contributed by atoms with Gasteiger partial charge in [-0.15, -0.1) is 0 Å². The molecule has 0 aliphatic rings. The maximum atomic E-state index is 5.13. The summed E-state index contributed by atoms with van der Waals surface area (Å²) in [7, 11) is 0. The van der Waals surface area contributed by atoms with Crippen LogP contribution in [0.25, 0.3) is 0 Å². The fourth-order valence-corrected chi connectivity index (χ4v) is 0.391. The van der Waals surface area contributed by atoms with E-state index in [1.54, 1.807) is 0 Å². The van der Waals surface area contributed by atoms with Gasteiger partial charge in [-0.3, -0.25) is 0 Å². The Morgan fingerprint density at radius 1 is 1.50 bits per heavy atom. The van der Waals surface area contributed by atoms with Crippen molar-refractivity contribution in [2.24, 2.45) is 5.73 Å². The van der Waals surface area contributed by atoms with Gasteiger partial charge in [-0.05, 0) is 36.2 Å². The highest BCUT2D eigenvalue weighted by molar-refractivity contribution is 9.11. The van der Waals surface area contributed by atoms with Crippen LogP contribution in [0.2, 0.25) is 0 Å². The smallest absolute Gasteiger partial charge is 0.00507 e. The monoisotopic (exact) mass is 175 g/mol. The van der Waals surface area contributed by atoms with Crippen molar-refractivity contribution in [1.82, 2.24) is 0 Å². The van der Waals surface area contributed by atoms with E-state index in [4.69, 9.17) is 5.73 Å². The Kier molecular flexibility index (Phi) is 3.61. The third-order valence-electron chi connectivity index (χ3n) is 0.890. The number of allylic oxidation sites excluding steroid dienone is 3. The van der Waals surface area contributed by atoms with Crippen LogP contribution in [-0.2, 0) is 0 Å². The van der Waals surface area contributed by atoms with Gasteiger partial charge in [0.15, 0.2) is 0 Å². The molecule has 0 amide bonds. The molecule has 0 rings (SSSR count). The molecule has 0 bridgehead atoms. The van der Waals surface area contributed by atoms with Gasteiger partial charge >= 0.3 is 0 Å². The molecule has 0 atom stereocenters. The lowest BCUT2D eigenvalue weighted by Gasteiger charge is -1.89. The van der Waals surface area contributed by atoms with E-state index in [9.17, 15) is 0 Å². The molecule has 0 radical (unpaired) electrons. The largest absolute Gasteiger partial charge is 0.405 e. The van der Waals surface area contributed by atoms with E-state index >= 15 is 0 Å². The normalized spacial score (nSPS) is 14.4. The molecule has 0 spiro atoms. The van der Waals surface area contributed by atoms with Crippen LogP contribution in [0, 0.1) is 0 Å². The standard InChI is InChI=1S/C6H10BrN/c1-5(3-4-8)6(2)7/h3-4H,8H2,1-2H3/b4-3-,6-5+. The molecule has 8 heavy (non-hydrogen) atoms. The molecule has 2 N–H and O–H groups in total. The molecule has 0 aromatic rings. The highest BCUT2D eigenvalue weighted by Gasteiger charge is 1.83. The molecular formula is C6H10BrN. The fraction of sp³-hybridized carbons (Fsp3) is 0.333. The number of hydrogen-bond acceptors (Lipinski definition) is 1. The van der Waals surface area contributed by atoms with Crippen molar-refractivity contribution in [1.29, 1.82) is 0 Å². The van der Waals surface area contributed by atoms with Gasteiger partial charge < -0.3 is 5.73 Å². The first kappa shape index (κ1) is 7.76. The maximum Gasteiger partial charge on any atom is -0.00507 e. The zero-order valence-electron chi connectivity index (χ0n) is 5.11. The minimum Gasteiger partial charge on any atom is -0.405 e. The van der Waals surface area contributed by atoms with E-state index < -0.39 is 0 Å². The molecule has 0 aliphatic heterocycles. The number of rotatable bonds is 1. The fourth-order valence-electron chi connectivity index (χ4n) is 0.259. The molecule has 0 saturated carbocycles. The van der Waals surface area contributed by atoms with Gasteiger partial charge in [0.2, 0.25) is 0 Å². The van der Waals surface area contributed by atoms with Crippen molar-refractivity contribution in [2.45, 2.75) is 13.8 Å². The zero-order valence-corrected chi connectivity index (χ0v) is 6.70. The number of halogens is 1. The van der Waals surface area contributed by atoms with Crippen LogP contribution in [0.5, 0.6) is 0 Å². The van der Waals surface area contributed by atoms with Crippen LogP contribution in [0.4, 0.5) is 0 Å². The summed E-state index contributed by atoms with van der Waals surface area (Å²) >= 11 is 3.31. The second-order valence-electron chi connectivity index (χ2n) is 1.58. The van der Waals surface area contributed by atoms with E-state index in [1.807, 2.05) is 19.9 Å². The molecule has 0 saturated heterocycles. The second kappa shape index (κ2) is 3.72. The summed E-state index contributed by atoms with van der Waals surface area (Å²) < 4.78 is 1.12. The first-order valence-electron chi connectivity index (χ1n) is 2.39. The summed E-state index contributed by atoms with van der Waals surface area (Å²) in [4.78, 5) is 0. The average molecular weight is 176 g/mol. The molecule has 0 aliphatic carbocycles. The van der Waals surface area contributed by atoms with E-state index in [0.717, 1.165) is 10.1 Å². The summed E-state index contributed by atoms with van der Waals surface area (Å²) in [6.07, 6.45) is 3.38. The van der Waals surface area contributed by atoms with Crippen molar-refractivity contribution in [3.8, 4) is 0 Å². The first-order chi connectivity index (χ1) is 3.68. The van der Waals surface area contributed by atoms with Gasteiger partial charge in [0.1, 0.15) is 0 Å². The van der Waals surface area contributed by atoms with Crippen molar-refractivity contribution < 1.29 is 0 Å². The number of hydrogen-bond donors (Lipinski definition) is 1. The second-order valence-corrected chi connectivity index (χ2v) is 2.77. The molecule has 46 valence electrons. The first-order valence-corrected chi connectivity index (χ1v) is 3.19. The van der Waals surface area contributed by atoms with Crippen LogP contribution in [0.3, 0.4) is 0 Å². The Morgan fingerprint density at radius 3 is 2.12 bits per heavy atom. The van der Waals surface area contributed by atoms with Gasteiger partial charge in [0.25, 0.3) is 0 Å². The minimum atomic E-state index is 1.12. The summed E-state index contributed by atoms with van der Waals surface area (Å²) in [6, 6.07) is 0. The average Bonchev–Trinajstić information content (AvgIpc) is 1.67. The molecule has 0 heterocycles. The van der Waals surface area contributed by atoms with Crippen molar-refractivity contribution in [3.63, 3.8) is 0 Å². The quantitative estimate of drug-likeness (QED) is 0.608. The third kappa shape index (κ3) is 2.86. The van der Waals surface area contributed by atoms with Gasteiger partial charge in [-0.25, -0.2) is 0 Å². The van der Waals surface area contributed by atoms with Gasteiger partial charge in [-0.1, -0.05) is 15.9 Å². The van der Waals surface area contributed by atoms with Crippen LogP contribution in [0.1, 0.15) is 13.8 Å². The lowest BCUT2D eigenvalue weighted by molar-refractivity contribution is 1.43. The molecule has 0 aromatic heterocycles. The van der Waals surface area contributed by atoms with Crippen LogP contribution < -0.4 is 5.73 Å². The lowest BCUT2D eigenvalue weighted by Crippen LogP contribution is -1.77. The molecule has 0 unspecified atom stereocenters. The van der Waals surface area contributed by atoms with Gasteiger partial charge in [-0.2, -0.15) is 0 Å². The predicted octanol–water partition coefficient (Wildman–Crippen LogP) is 2.15. The Morgan fingerprint density at radius 2 is 2.00 bits per heavy atom. The van der Waals surface area contributed by atoms with Crippen molar-refractivity contribution in [3.05, 3.63) is 22.3 Å².